The van der Waals surface area contributed by atoms with Crippen molar-refractivity contribution in [1.82, 2.24) is 9.80 Å². The monoisotopic (exact) mass is 356 g/mol. The van der Waals surface area contributed by atoms with Crippen LogP contribution < -0.4 is 0 Å². The average Bonchev–Trinajstić information content (AvgIpc) is 3.33. The predicted octanol–water partition coefficient (Wildman–Crippen LogP) is 4.78. The fraction of sp³-hybridized carbons (Fsp3) is 0.476. The third-order valence-corrected chi connectivity index (χ3v) is 5.64. The summed E-state index contributed by atoms with van der Waals surface area (Å²) < 4.78 is 0. The van der Waals surface area contributed by atoms with Crippen LogP contribution in [-0.4, -0.2) is 34.3 Å². The molecule has 4 heteroatoms. The molecule has 3 nitrogen and oxygen atoms in total. The highest BCUT2D eigenvalue weighted by Crippen LogP contribution is 2.30. The van der Waals surface area contributed by atoms with E-state index in [9.17, 15) is 4.79 Å². The normalized spacial score (nSPS) is 14.3. The van der Waals surface area contributed by atoms with E-state index in [-0.39, 0.29) is 5.91 Å². The Morgan fingerprint density at radius 1 is 1.12 bits per heavy atom. The molecule has 0 atom stereocenters. The molecule has 0 bridgehead atoms. The van der Waals surface area contributed by atoms with Gasteiger partial charge < -0.3 is 4.90 Å². The van der Waals surface area contributed by atoms with Crippen molar-refractivity contribution < 1.29 is 4.79 Å². The fourth-order valence-corrected chi connectivity index (χ4v) is 3.80. The number of nitrogens with zero attached hydrogens (tertiary/aromatic N) is 2. The van der Waals surface area contributed by atoms with Crippen LogP contribution >= 0.6 is 11.3 Å². The summed E-state index contributed by atoms with van der Waals surface area (Å²) in [4.78, 5) is 17.4. The smallest absolute Gasteiger partial charge is 0.254 e. The minimum Gasteiger partial charge on any atom is -0.331 e. The standard InChI is InChI=1S/C21H28N2OS/c1-4-22(16(2)3)13-17-5-7-19(8-6-17)21(24)23(20-9-10-20)14-18-11-12-25-15-18/h5-8,11-12,15-16,20H,4,9-10,13-14H2,1-3H3. The molecule has 134 valence electrons. The zero-order valence-corrected chi connectivity index (χ0v) is 16.3. The predicted molar refractivity (Wildman–Crippen MR) is 105 cm³/mol. The van der Waals surface area contributed by atoms with Crippen LogP contribution in [0.4, 0.5) is 0 Å². The number of rotatable bonds is 8. The Kier molecular flexibility index (Phi) is 5.92. The lowest BCUT2D eigenvalue weighted by molar-refractivity contribution is 0.0730. The molecule has 1 aromatic carbocycles. The Labute approximate surface area is 155 Å². The summed E-state index contributed by atoms with van der Waals surface area (Å²) in [5.74, 6) is 0.163. The summed E-state index contributed by atoms with van der Waals surface area (Å²) in [5, 5.41) is 4.21. The highest BCUT2D eigenvalue weighted by atomic mass is 32.1. The number of thiophene rings is 1. The minimum absolute atomic E-state index is 0.163. The Hall–Kier alpha value is -1.65. The summed E-state index contributed by atoms with van der Waals surface area (Å²) in [6.07, 6.45) is 2.27. The van der Waals surface area contributed by atoms with Gasteiger partial charge in [-0.15, -0.1) is 0 Å². The summed E-state index contributed by atoms with van der Waals surface area (Å²) in [5.41, 5.74) is 3.30. The summed E-state index contributed by atoms with van der Waals surface area (Å²) in [6.45, 7) is 9.33. The quantitative estimate of drug-likeness (QED) is 0.679. The fourth-order valence-electron chi connectivity index (χ4n) is 3.14. The maximum atomic E-state index is 13.0. The summed E-state index contributed by atoms with van der Waals surface area (Å²) in [6, 6.07) is 11.3. The summed E-state index contributed by atoms with van der Waals surface area (Å²) >= 11 is 1.69. The van der Waals surface area contributed by atoms with Gasteiger partial charge in [0.15, 0.2) is 0 Å². The molecule has 1 saturated carbocycles. The van der Waals surface area contributed by atoms with Crippen molar-refractivity contribution in [2.24, 2.45) is 0 Å². The molecule has 1 amide bonds. The number of benzene rings is 1. The second kappa shape index (κ2) is 8.15. The molecule has 0 spiro atoms. The van der Waals surface area contributed by atoms with Gasteiger partial charge in [-0.1, -0.05) is 19.1 Å². The van der Waals surface area contributed by atoms with Crippen molar-refractivity contribution in [3.63, 3.8) is 0 Å². The maximum Gasteiger partial charge on any atom is 0.254 e. The van der Waals surface area contributed by atoms with E-state index in [2.05, 4.69) is 54.6 Å². The number of carbonyl (C=O) groups is 1. The van der Waals surface area contributed by atoms with Crippen LogP contribution in [0.1, 0.15) is 55.1 Å². The topological polar surface area (TPSA) is 23.6 Å². The van der Waals surface area contributed by atoms with Crippen LogP contribution in [0.3, 0.4) is 0 Å². The highest BCUT2D eigenvalue weighted by molar-refractivity contribution is 7.07. The number of carbonyl (C=O) groups excluding carboxylic acids is 1. The average molecular weight is 357 g/mol. The lowest BCUT2D eigenvalue weighted by Gasteiger charge is -2.25. The SMILES string of the molecule is CCN(Cc1ccc(C(=O)N(Cc2ccsc2)C2CC2)cc1)C(C)C. The first kappa shape index (κ1) is 18.2. The van der Waals surface area contributed by atoms with E-state index in [1.165, 1.54) is 11.1 Å². The van der Waals surface area contributed by atoms with Gasteiger partial charge in [0.1, 0.15) is 0 Å². The molecular weight excluding hydrogens is 328 g/mol. The van der Waals surface area contributed by atoms with Crippen molar-refractivity contribution in [3.8, 4) is 0 Å². The van der Waals surface area contributed by atoms with Gasteiger partial charge in [-0.25, -0.2) is 0 Å². The molecule has 1 aliphatic carbocycles. The van der Waals surface area contributed by atoms with E-state index < -0.39 is 0 Å². The van der Waals surface area contributed by atoms with Gasteiger partial charge in [-0.05, 0) is 73.3 Å². The molecule has 0 N–H and O–H groups in total. The van der Waals surface area contributed by atoms with Crippen LogP contribution in [0.2, 0.25) is 0 Å². The van der Waals surface area contributed by atoms with Crippen molar-refractivity contribution in [2.75, 3.05) is 6.54 Å². The van der Waals surface area contributed by atoms with E-state index in [0.29, 0.717) is 12.1 Å². The second-order valence-corrected chi connectivity index (χ2v) is 7.93. The molecular formula is C21H28N2OS. The number of hydrogen-bond donors (Lipinski definition) is 0. The van der Waals surface area contributed by atoms with Crippen molar-refractivity contribution in [1.29, 1.82) is 0 Å². The number of hydrogen-bond acceptors (Lipinski definition) is 3. The Morgan fingerprint density at radius 2 is 1.84 bits per heavy atom. The molecule has 1 fully saturated rings. The van der Waals surface area contributed by atoms with Gasteiger partial charge in [0.2, 0.25) is 0 Å². The van der Waals surface area contributed by atoms with Crippen LogP contribution in [0.25, 0.3) is 0 Å². The third kappa shape index (κ3) is 4.71. The first-order valence-corrected chi connectivity index (χ1v) is 10.2. The zero-order valence-electron chi connectivity index (χ0n) is 15.4. The Morgan fingerprint density at radius 3 is 2.36 bits per heavy atom. The number of amides is 1. The van der Waals surface area contributed by atoms with Crippen LogP contribution in [0.5, 0.6) is 0 Å². The molecule has 3 rings (SSSR count). The van der Waals surface area contributed by atoms with Gasteiger partial charge in [0.05, 0.1) is 0 Å². The highest BCUT2D eigenvalue weighted by Gasteiger charge is 2.33. The first-order chi connectivity index (χ1) is 12.1. The van der Waals surface area contributed by atoms with E-state index in [1.807, 2.05) is 17.0 Å². The van der Waals surface area contributed by atoms with E-state index in [1.54, 1.807) is 11.3 Å². The molecule has 0 radical (unpaired) electrons. The molecule has 1 aromatic heterocycles. The van der Waals surface area contributed by atoms with Gasteiger partial charge in [0, 0.05) is 30.7 Å². The molecule has 0 aliphatic heterocycles. The second-order valence-electron chi connectivity index (χ2n) is 7.15. The van der Waals surface area contributed by atoms with Crippen molar-refractivity contribution in [3.05, 3.63) is 57.8 Å². The molecule has 2 aromatic rings. The third-order valence-electron chi connectivity index (χ3n) is 4.90. The van der Waals surface area contributed by atoms with Gasteiger partial charge in [-0.2, -0.15) is 11.3 Å². The summed E-state index contributed by atoms with van der Waals surface area (Å²) in [7, 11) is 0. The lowest BCUT2D eigenvalue weighted by atomic mass is 10.1. The van der Waals surface area contributed by atoms with Crippen molar-refractivity contribution in [2.45, 2.75) is 58.8 Å². The first-order valence-electron chi connectivity index (χ1n) is 9.23. The van der Waals surface area contributed by atoms with Gasteiger partial charge in [0.25, 0.3) is 5.91 Å². The minimum atomic E-state index is 0.163. The molecule has 1 heterocycles. The van der Waals surface area contributed by atoms with Gasteiger partial charge >= 0.3 is 0 Å². The van der Waals surface area contributed by atoms with E-state index in [0.717, 1.165) is 38.0 Å². The lowest BCUT2D eigenvalue weighted by Crippen LogP contribution is -2.32. The van der Waals surface area contributed by atoms with E-state index >= 15 is 0 Å². The van der Waals surface area contributed by atoms with Crippen LogP contribution in [-0.2, 0) is 13.1 Å². The van der Waals surface area contributed by atoms with Crippen molar-refractivity contribution >= 4 is 17.2 Å². The molecule has 1 aliphatic rings. The maximum absolute atomic E-state index is 13.0. The molecule has 0 saturated heterocycles. The van der Waals surface area contributed by atoms with E-state index in [4.69, 9.17) is 0 Å². The Bertz CT molecular complexity index is 674. The van der Waals surface area contributed by atoms with Crippen LogP contribution in [0.15, 0.2) is 41.1 Å². The molecule has 25 heavy (non-hydrogen) atoms. The Balaban J connectivity index is 1.68. The van der Waals surface area contributed by atoms with Gasteiger partial charge in [-0.3, -0.25) is 9.69 Å². The van der Waals surface area contributed by atoms with Crippen LogP contribution in [0, 0.1) is 0 Å². The molecule has 0 unspecified atom stereocenters. The zero-order chi connectivity index (χ0) is 17.8. The largest absolute Gasteiger partial charge is 0.331 e.